The zero-order chi connectivity index (χ0) is 23.5. The quantitative estimate of drug-likeness (QED) is 0.377. The van der Waals surface area contributed by atoms with Gasteiger partial charge in [-0.2, -0.15) is 0 Å². The number of benzene rings is 2. The number of nitrogens with zero attached hydrogens (tertiary/aromatic N) is 3. The molecule has 0 radical (unpaired) electrons. The second kappa shape index (κ2) is 10.5. The topological polar surface area (TPSA) is 54.4 Å². The summed E-state index contributed by atoms with van der Waals surface area (Å²) in [6.45, 7) is 2.97. The van der Waals surface area contributed by atoms with Crippen LogP contribution in [0.2, 0.25) is 10.0 Å². The standard InChI is InChI=1S/C25H25Cl2N3O3S/c26-17-5-7-19(8-6-17)32-12-4-2-1-3-10-29-21-14-18(27)13-20(24(21)33-15-23(29)31)22-16-34-25-28-9-11-30(22)25/h5-8,13-14,16H,1-4,9-12,15H2. The van der Waals surface area contributed by atoms with Gasteiger partial charge in [-0.15, -0.1) is 0 Å². The monoisotopic (exact) mass is 517 g/mol. The lowest BCUT2D eigenvalue weighted by Crippen LogP contribution is -2.40. The number of rotatable bonds is 9. The van der Waals surface area contributed by atoms with Crippen molar-refractivity contribution in [3.63, 3.8) is 0 Å². The van der Waals surface area contributed by atoms with E-state index in [2.05, 4.69) is 15.3 Å². The summed E-state index contributed by atoms with van der Waals surface area (Å²) in [5.41, 5.74) is 2.70. The number of unbranched alkanes of at least 4 members (excludes halogenated alkanes) is 3. The minimum absolute atomic E-state index is 0.0370. The first-order valence-electron chi connectivity index (χ1n) is 11.4. The molecule has 0 unspecified atom stereocenters. The molecule has 1 amide bonds. The fourth-order valence-electron chi connectivity index (χ4n) is 4.29. The first-order chi connectivity index (χ1) is 16.6. The number of carbonyl (C=O) groups excluding carboxylic acids is 1. The molecule has 3 heterocycles. The summed E-state index contributed by atoms with van der Waals surface area (Å²) in [5.74, 6) is 1.51. The van der Waals surface area contributed by atoms with Crippen molar-refractivity contribution in [2.24, 2.45) is 4.99 Å². The van der Waals surface area contributed by atoms with Gasteiger partial charge in [-0.05, 0) is 49.2 Å². The number of fused-ring (bicyclic) bond motifs is 2. The van der Waals surface area contributed by atoms with E-state index in [-0.39, 0.29) is 12.5 Å². The van der Waals surface area contributed by atoms with Crippen LogP contribution in [0.3, 0.4) is 0 Å². The summed E-state index contributed by atoms with van der Waals surface area (Å²) in [6, 6.07) is 11.2. The normalized spacial score (nSPS) is 16.7. The maximum atomic E-state index is 12.7. The number of aliphatic imine (C=N–C) groups is 1. The molecule has 0 saturated carbocycles. The van der Waals surface area contributed by atoms with Gasteiger partial charge in [0.25, 0.3) is 5.91 Å². The van der Waals surface area contributed by atoms with Crippen molar-refractivity contribution in [3.05, 3.63) is 57.4 Å². The van der Waals surface area contributed by atoms with Crippen molar-refractivity contribution in [1.82, 2.24) is 4.90 Å². The van der Waals surface area contributed by atoms with Crippen molar-refractivity contribution in [2.75, 3.05) is 37.7 Å². The van der Waals surface area contributed by atoms with Crippen LogP contribution in [0.15, 0.2) is 46.8 Å². The Morgan fingerprint density at radius 2 is 1.88 bits per heavy atom. The van der Waals surface area contributed by atoms with Gasteiger partial charge in [-0.25, -0.2) is 0 Å². The van der Waals surface area contributed by atoms with E-state index in [1.165, 1.54) is 0 Å². The maximum absolute atomic E-state index is 12.7. The highest BCUT2D eigenvalue weighted by Crippen LogP contribution is 2.45. The number of amidine groups is 1. The van der Waals surface area contributed by atoms with E-state index in [1.54, 1.807) is 11.8 Å². The molecule has 0 aliphatic carbocycles. The molecule has 3 aliphatic rings. The number of carbonyl (C=O) groups is 1. The third kappa shape index (κ3) is 5.02. The van der Waals surface area contributed by atoms with Gasteiger partial charge in [0.05, 0.1) is 24.5 Å². The number of ether oxygens (including phenoxy) is 2. The number of halogens is 2. The Bertz CT molecular complexity index is 1140. The molecule has 34 heavy (non-hydrogen) atoms. The Morgan fingerprint density at radius 1 is 1.06 bits per heavy atom. The predicted molar refractivity (Wildman–Crippen MR) is 139 cm³/mol. The van der Waals surface area contributed by atoms with E-state index in [9.17, 15) is 4.79 Å². The van der Waals surface area contributed by atoms with E-state index >= 15 is 0 Å². The van der Waals surface area contributed by atoms with Crippen LogP contribution in [-0.4, -0.2) is 48.8 Å². The van der Waals surface area contributed by atoms with Crippen LogP contribution in [0, 0.1) is 0 Å². The summed E-state index contributed by atoms with van der Waals surface area (Å²) < 4.78 is 11.7. The lowest BCUT2D eigenvalue weighted by atomic mass is 10.1. The molecule has 9 heteroatoms. The summed E-state index contributed by atoms with van der Waals surface area (Å²) in [6.07, 6.45) is 3.89. The largest absolute Gasteiger partial charge is 0.494 e. The van der Waals surface area contributed by atoms with Crippen molar-refractivity contribution in [3.8, 4) is 11.5 Å². The SMILES string of the molecule is O=C1COc2c(C3=CSC4=NCCN34)cc(Cl)cc2N1CCCCCCOc1ccc(Cl)cc1. The van der Waals surface area contributed by atoms with Gasteiger partial charge in [-0.3, -0.25) is 9.79 Å². The van der Waals surface area contributed by atoms with Gasteiger partial charge in [0, 0.05) is 34.1 Å². The lowest BCUT2D eigenvalue weighted by Gasteiger charge is -2.32. The maximum Gasteiger partial charge on any atom is 0.265 e. The number of amides is 1. The van der Waals surface area contributed by atoms with Gasteiger partial charge >= 0.3 is 0 Å². The van der Waals surface area contributed by atoms with E-state index < -0.39 is 0 Å². The number of anilines is 1. The van der Waals surface area contributed by atoms with Gasteiger partial charge in [0.15, 0.2) is 17.5 Å². The molecule has 0 fully saturated rings. The molecular weight excluding hydrogens is 493 g/mol. The third-order valence-electron chi connectivity index (χ3n) is 5.97. The zero-order valence-electron chi connectivity index (χ0n) is 18.6. The average molecular weight is 518 g/mol. The minimum Gasteiger partial charge on any atom is -0.494 e. The highest BCUT2D eigenvalue weighted by Gasteiger charge is 2.33. The van der Waals surface area contributed by atoms with Gasteiger partial charge in [-0.1, -0.05) is 47.8 Å². The molecule has 0 saturated heterocycles. The van der Waals surface area contributed by atoms with E-state index in [0.717, 1.165) is 72.4 Å². The molecule has 178 valence electrons. The van der Waals surface area contributed by atoms with Crippen LogP contribution in [0.5, 0.6) is 11.5 Å². The molecule has 0 spiro atoms. The summed E-state index contributed by atoms with van der Waals surface area (Å²) in [7, 11) is 0. The van der Waals surface area contributed by atoms with Crippen LogP contribution in [0.25, 0.3) is 5.70 Å². The molecule has 0 aromatic heterocycles. The molecule has 6 nitrogen and oxygen atoms in total. The van der Waals surface area contributed by atoms with Crippen molar-refractivity contribution in [1.29, 1.82) is 0 Å². The second-order valence-corrected chi connectivity index (χ2v) is 10.00. The molecular formula is C25H25Cl2N3O3S. The Hall–Kier alpha value is -2.35. The van der Waals surface area contributed by atoms with Gasteiger partial charge in [0.2, 0.25) is 0 Å². The van der Waals surface area contributed by atoms with Crippen molar-refractivity contribution >= 4 is 57.4 Å². The van der Waals surface area contributed by atoms with E-state index in [4.69, 9.17) is 32.7 Å². The summed E-state index contributed by atoms with van der Waals surface area (Å²) in [4.78, 5) is 21.2. The first-order valence-corrected chi connectivity index (χ1v) is 13.1. The van der Waals surface area contributed by atoms with Crippen LogP contribution >= 0.6 is 35.0 Å². The molecule has 2 aromatic carbocycles. The Morgan fingerprint density at radius 3 is 2.74 bits per heavy atom. The average Bonchev–Trinajstić information content (AvgIpc) is 3.44. The molecule has 2 aromatic rings. The number of hydrogen-bond donors (Lipinski definition) is 0. The molecule has 3 aliphatic heterocycles. The number of thioether (sulfide) groups is 1. The predicted octanol–water partition coefficient (Wildman–Crippen LogP) is 6.08. The van der Waals surface area contributed by atoms with Crippen molar-refractivity contribution < 1.29 is 14.3 Å². The first kappa shape index (κ1) is 23.4. The molecule has 0 bridgehead atoms. The Labute approximate surface area is 213 Å². The fourth-order valence-corrected chi connectivity index (χ4v) is 5.58. The Balaban J connectivity index is 1.18. The molecule has 0 N–H and O–H groups in total. The minimum atomic E-state index is -0.0370. The van der Waals surface area contributed by atoms with E-state index in [0.29, 0.717) is 23.2 Å². The fraction of sp³-hybridized carbons (Fsp3) is 0.360. The van der Waals surface area contributed by atoms with Crippen LogP contribution in [-0.2, 0) is 4.79 Å². The molecule has 5 rings (SSSR count). The van der Waals surface area contributed by atoms with Crippen LogP contribution < -0.4 is 14.4 Å². The zero-order valence-corrected chi connectivity index (χ0v) is 21.0. The highest BCUT2D eigenvalue weighted by molar-refractivity contribution is 8.16. The third-order valence-corrected chi connectivity index (χ3v) is 7.34. The summed E-state index contributed by atoms with van der Waals surface area (Å²) >= 11 is 14.0. The highest BCUT2D eigenvalue weighted by atomic mass is 35.5. The van der Waals surface area contributed by atoms with Crippen LogP contribution in [0.4, 0.5) is 5.69 Å². The van der Waals surface area contributed by atoms with Gasteiger partial charge < -0.3 is 19.3 Å². The smallest absolute Gasteiger partial charge is 0.265 e. The molecule has 0 atom stereocenters. The van der Waals surface area contributed by atoms with Crippen molar-refractivity contribution in [2.45, 2.75) is 25.7 Å². The Kier molecular flexibility index (Phi) is 7.23. The summed E-state index contributed by atoms with van der Waals surface area (Å²) in [5, 5.41) is 4.38. The van der Waals surface area contributed by atoms with Crippen LogP contribution in [0.1, 0.15) is 31.2 Å². The number of hydrogen-bond acceptors (Lipinski definition) is 6. The second-order valence-electron chi connectivity index (χ2n) is 8.29. The van der Waals surface area contributed by atoms with Gasteiger partial charge in [0.1, 0.15) is 5.75 Å². The lowest BCUT2D eigenvalue weighted by molar-refractivity contribution is -0.121. The van der Waals surface area contributed by atoms with E-state index in [1.807, 2.05) is 41.3 Å².